The molecule has 0 unspecified atom stereocenters. The summed E-state index contributed by atoms with van der Waals surface area (Å²) < 4.78 is 16.7. The summed E-state index contributed by atoms with van der Waals surface area (Å²) >= 11 is 0. The lowest BCUT2D eigenvalue weighted by atomic mass is 10.1. The minimum Gasteiger partial charge on any atom is -0.493 e. The molecule has 0 bridgehead atoms. The molecule has 29 heavy (non-hydrogen) atoms. The Bertz CT molecular complexity index is 900. The van der Waals surface area contributed by atoms with Gasteiger partial charge in [0, 0.05) is 37.9 Å². The van der Waals surface area contributed by atoms with E-state index >= 15 is 0 Å². The maximum atomic E-state index is 12.6. The van der Waals surface area contributed by atoms with Crippen molar-refractivity contribution in [3.05, 3.63) is 53.6 Å². The third-order valence-electron chi connectivity index (χ3n) is 5.23. The van der Waals surface area contributed by atoms with Gasteiger partial charge in [0.2, 0.25) is 11.7 Å². The van der Waals surface area contributed by atoms with E-state index in [4.69, 9.17) is 14.2 Å². The van der Waals surface area contributed by atoms with Crippen LogP contribution < -0.4 is 19.1 Å². The van der Waals surface area contributed by atoms with Crippen LogP contribution in [0, 0.1) is 6.92 Å². The van der Waals surface area contributed by atoms with Crippen LogP contribution in [0.4, 0.5) is 5.69 Å². The molecule has 152 valence electrons. The van der Waals surface area contributed by atoms with Gasteiger partial charge in [-0.3, -0.25) is 4.79 Å². The number of hydrogen-bond acceptors (Lipinski definition) is 5. The third-order valence-corrected chi connectivity index (χ3v) is 5.23. The lowest BCUT2D eigenvalue weighted by Gasteiger charge is -2.35. The lowest BCUT2D eigenvalue weighted by molar-refractivity contribution is -0.126. The number of anilines is 1. The molecule has 0 spiro atoms. The summed E-state index contributed by atoms with van der Waals surface area (Å²) in [5.41, 5.74) is 3.31. The normalized spacial score (nSPS) is 16.2. The van der Waals surface area contributed by atoms with Crippen LogP contribution in [-0.4, -0.2) is 57.3 Å². The first-order valence-electron chi connectivity index (χ1n) is 9.90. The van der Waals surface area contributed by atoms with Gasteiger partial charge in [-0.1, -0.05) is 12.1 Å². The van der Waals surface area contributed by atoms with E-state index in [1.807, 2.05) is 17.0 Å². The van der Waals surface area contributed by atoms with Gasteiger partial charge in [0.15, 0.2) is 11.5 Å². The molecule has 2 aromatic rings. The van der Waals surface area contributed by atoms with E-state index in [0.717, 1.165) is 18.7 Å². The number of carbonyl (C=O) groups excluding carboxylic acids is 1. The number of fused-ring (bicyclic) bond motifs is 1. The van der Waals surface area contributed by atoms with E-state index in [1.165, 1.54) is 11.3 Å². The maximum absolute atomic E-state index is 12.6. The average Bonchev–Trinajstić information content (AvgIpc) is 2.77. The van der Waals surface area contributed by atoms with Gasteiger partial charge in [0.1, 0.15) is 13.2 Å². The van der Waals surface area contributed by atoms with Crippen molar-refractivity contribution in [2.75, 3.05) is 51.4 Å². The van der Waals surface area contributed by atoms with Crippen molar-refractivity contribution >= 4 is 17.7 Å². The minimum atomic E-state index is 0.0164. The van der Waals surface area contributed by atoms with Gasteiger partial charge in [0.05, 0.1) is 7.11 Å². The Morgan fingerprint density at radius 2 is 1.86 bits per heavy atom. The summed E-state index contributed by atoms with van der Waals surface area (Å²) in [5.74, 6) is 1.90. The molecular formula is C23H26N2O4. The highest BCUT2D eigenvalue weighted by atomic mass is 16.6. The molecule has 2 aromatic carbocycles. The molecule has 0 aromatic heterocycles. The summed E-state index contributed by atoms with van der Waals surface area (Å²) in [4.78, 5) is 16.9. The van der Waals surface area contributed by atoms with E-state index in [1.54, 1.807) is 19.3 Å². The Morgan fingerprint density at radius 1 is 1.07 bits per heavy atom. The Morgan fingerprint density at radius 3 is 2.62 bits per heavy atom. The first-order chi connectivity index (χ1) is 14.1. The van der Waals surface area contributed by atoms with Gasteiger partial charge in [-0.15, -0.1) is 0 Å². The smallest absolute Gasteiger partial charge is 0.246 e. The second kappa shape index (κ2) is 8.47. The SMILES string of the molecule is COc1cc(/C=C/C(=O)N2CCN(c3cccc(C)c3)CC2)cc2c1OCCO2. The number of methoxy groups -OCH3 is 1. The van der Waals surface area contributed by atoms with Gasteiger partial charge >= 0.3 is 0 Å². The number of aryl methyl sites for hydroxylation is 1. The predicted octanol–water partition coefficient (Wildman–Crippen LogP) is 3.14. The molecular weight excluding hydrogens is 368 g/mol. The molecule has 6 heteroatoms. The number of amides is 1. The number of nitrogens with zero attached hydrogens (tertiary/aromatic N) is 2. The zero-order valence-electron chi connectivity index (χ0n) is 16.9. The molecule has 0 atom stereocenters. The number of piperazine rings is 1. The van der Waals surface area contributed by atoms with E-state index in [2.05, 4.69) is 36.1 Å². The Labute approximate surface area is 171 Å². The molecule has 1 saturated heterocycles. The Kier molecular flexibility index (Phi) is 5.60. The Balaban J connectivity index is 1.39. The van der Waals surface area contributed by atoms with Gasteiger partial charge in [-0.25, -0.2) is 0 Å². The van der Waals surface area contributed by atoms with Crippen LogP contribution in [0.15, 0.2) is 42.5 Å². The predicted molar refractivity (Wildman–Crippen MR) is 113 cm³/mol. The largest absolute Gasteiger partial charge is 0.493 e. The Hall–Kier alpha value is -3.15. The van der Waals surface area contributed by atoms with E-state index in [9.17, 15) is 4.79 Å². The molecule has 2 heterocycles. The van der Waals surface area contributed by atoms with Crippen molar-refractivity contribution in [3.8, 4) is 17.2 Å². The summed E-state index contributed by atoms with van der Waals surface area (Å²) in [5, 5.41) is 0. The zero-order chi connectivity index (χ0) is 20.2. The highest BCUT2D eigenvalue weighted by Gasteiger charge is 2.21. The van der Waals surface area contributed by atoms with Crippen LogP contribution in [0.1, 0.15) is 11.1 Å². The van der Waals surface area contributed by atoms with E-state index in [-0.39, 0.29) is 5.91 Å². The number of benzene rings is 2. The molecule has 0 aliphatic carbocycles. The summed E-state index contributed by atoms with van der Waals surface area (Å²) in [6.45, 7) is 6.20. The second-order valence-electron chi connectivity index (χ2n) is 7.23. The van der Waals surface area contributed by atoms with Crippen LogP contribution in [0.25, 0.3) is 6.08 Å². The third kappa shape index (κ3) is 4.31. The van der Waals surface area contributed by atoms with E-state index in [0.29, 0.717) is 43.6 Å². The van der Waals surface area contributed by atoms with Gasteiger partial charge in [0.25, 0.3) is 0 Å². The number of ether oxygens (including phenoxy) is 3. The fourth-order valence-electron chi connectivity index (χ4n) is 3.67. The van der Waals surface area contributed by atoms with Crippen LogP contribution in [-0.2, 0) is 4.79 Å². The molecule has 0 saturated carbocycles. The second-order valence-corrected chi connectivity index (χ2v) is 7.23. The highest BCUT2D eigenvalue weighted by Crippen LogP contribution is 2.40. The van der Waals surface area contributed by atoms with Crippen LogP contribution in [0.3, 0.4) is 0 Å². The van der Waals surface area contributed by atoms with Crippen molar-refractivity contribution in [2.24, 2.45) is 0 Å². The highest BCUT2D eigenvalue weighted by molar-refractivity contribution is 5.92. The molecule has 6 nitrogen and oxygen atoms in total. The van der Waals surface area contributed by atoms with Crippen molar-refractivity contribution < 1.29 is 19.0 Å². The molecule has 4 rings (SSSR count). The summed E-state index contributed by atoms with van der Waals surface area (Å²) in [6, 6.07) is 12.2. The van der Waals surface area contributed by atoms with Crippen LogP contribution >= 0.6 is 0 Å². The van der Waals surface area contributed by atoms with Crippen LogP contribution in [0.2, 0.25) is 0 Å². The topological polar surface area (TPSA) is 51.2 Å². The monoisotopic (exact) mass is 394 g/mol. The number of carbonyl (C=O) groups is 1. The lowest BCUT2D eigenvalue weighted by Crippen LogP contribution is -2.48. The molecule has 0 N–H and O–H groups in total. The van der Waals surface area contributed by atoms with Gasteiger partial charge < -0.3 is 24.0 Å². The molecule has 1 fully saturated rings. The van der Waals surface area contributed by atoms with Crippen molar-refractivity contribution in [1.29, 1.82) is 0 Å². The summed E-state index contributed by atoms with van der Waals surface area (Å²) in [6.07, 6.45) is 3.42. The first-order valence-corrected chi connectivity index (χ1v) is 9.90. The number of rotatable bonds is 4. The minimum absolute atomic E-state index is 0.0164. The molecule has 0 radical (unpaired) electrons. The number of hydrogen-bond donors (Lipinski definition) is 0. The molecule has 2 aliphatic heterocycles. The quantitative estimate of drug-likeness (QED) is 0.746. The van der Waals surface area contributed by atoms with Crippen LogP contribution in [0.5, 0.6) is 17.2 Å². The van der Waals surface area contributed by atoms with Gasteiger partial charge in [-0.2, -0.15) is 0 Å². The fourth-order valence-corrected chi connectivity index (χ4v) is 3.67. The first kappa shape index (κ1) is 19.2. The fraction of sp³-hybridized carbons (Fsp3) is 0.348. The van der Waals surface area contributed by atoms with Gasteiger partial charge in [-0.05, 0) is 48.4 Å². The molecule has 2 aliphatic rings. The maximum Gasteiger partial charge on any atom is 0.246 e. The van der Waals surface area contributed by atoms with Crippen molar-refractivity contribution in [2.45, 2.75) is 6.92 Å². The zero-order valence-corrected chi connectivity index (χ0v) is 16.9. The molecule has 1 amide bonds. The van der Waals surface area contributed by atoms with E-state index < -0.39 is 0 Å². The standard InChI is InChI=1S/C23H26N2O4/c1-17-4-3-5-19(14-17)24-8-10-25(11-9-24)22(26)7-6-18-15-20(27-2)23-21(16-18)28-12-13-29-23/h3-7,14-16H,8-13H2,1-2H3/b7-6+. The average molecular weight is 394 g/mol. The summed E-state index contributed by atoms with van der Waals surface area (Å²) in [7, 11) is 1.60. The van der Waals surface area contributed by atoms with Crippen molar-refractivity contribution in [1.82, 2.24) is 4.90 Å². The van der Waals surface area contributed by atoms with Crippen molar-refractivity contribution in [3.63, 3.8) is 0 Å².